The number of ether oxygens (including phenoxy) is 2. The van der Waals surface area contributed by atoms with Crippen LogP contribution in [0.5, 0.6) is 0 Å². The van der Waals surface area contributed by atoms with Gasteiger partial charge in [-0.2, -0.15) is 0 Å². The van der Waals surface area contributed by atoms with E-state index in [1.807, 2.05) is 24.3 Å². The van der Waals surface area contributed by atoms with Crippen molar-refractivity contribution in [2.45, 2.75) is 47.2 Å². The number of benzene rings is 2. The molecule has 0 aliphatic heterocycles. The van der Waals surface area contributed by atoms with Gasteiger partial charge in [0.15, 0.2) is 5.66 Å². The minimum atomic E-state index is -4.58. The number of halogens is 2. The third-order valence-electron chi connectivity index (χ3n) is 5.89. The first-order valence-electron chi connectivity index (χ1n) is 13.1. The van der Waals surface area contributed by atoms with Crippen molar-refractivity contribution in [3.05, 3.63) is 74.7 Å². The first kappa shape index (κ1) is 35.0. The standard InChI is InChI=1S/C30H34BrClNO8PS/c1-29(2,3)27(35)38-17-40-42(37,41-18-39-28(36)30(4,5)6)25(22-16-43-24-12-11-20(32)15-21(22)24)26(34)33-14-13-19-9-7-8-10-23(19)31/h7-16,25H,17-18H2,1-6H3,(H,33,34). The molecule has 3 aromatic rings. The van der Waals surface area contributed by atoms with Crippen LogP contribution in [0.4, 0.5) is 0 Å². The van der Waals surface area contributed by atoms with E-state index in [2.05, 4.69) is 21.2 Å². The Labute approximate surface area is 268 Å². The van der Waals surface area contributed by atoms with Crippen LogP contribution in [0.2, 0.25) is 5.02 Å². The van der Waals surface area contributed by atoms with Crippen LogP contribution in [-0.2, 0) is 37.5 Å². The zero-order valence-electron chi connectivity index (χ0n) is 24.6. The van der Waals surface area contributed by atoms with Gasteiger partial charge in [0.25, 0.3) is 0 Å². The van der Waals surface area contributed by atoms with Gasteiger partial charge < -0.3 is 14.8 Å². The van der Waals surface area contributed by atoms with Gasteiger partial charge in [-0.05, 0) is 93.8 Å². The quantitative estimate of drug-likeness (QED) is 0.119. The van der Waals surface area contributed by atoms with Gasteiger partial charge in [0.2, 0.25) is 19.5 Å². The summed E-state index contributed by atoms with van der Waals surface area (Å²) < 4.78 is 37.8. The van der Waals surface area contributed by atoms with Gasteiger partial charge >= 0.3 is 19.5 Å². The van der Waals surface area contributed by atoms with Gasteiger partial charge in [-0.15, -0.1) is 11.3 Å². The summed E-state index contributed by atoms with van der Waals surface area (Å²) in [6.45, 7) is 8.32. The Morgan fingerprint density at radius 2 is 1.56 bits per heavy atom. The van der Waals surface area contributed by atoms with Gasteiger partial charge in [-0.25, -0.2) is 0 Å². The monoisotopic (exact) mass is 713 g/mol. The number of carbonyl (C=O) groups excluding carboxylic acids is 3. The van der Waals surface area contributed by atoms with E-state index in [4.69, 9.17) is 30.1 Å². The van der Waals surface area contributed by atoms with Crippen LogP contribution in [0, 0.1) is 10.8 Å². The highest BCUT2D eigenvalue weighted by atomic mass is 79.9. The normalized spacial score (nSPS) is 13.2. The van der Waals surface area contributed by atoms with Crippen LogP contribution in [-0.4, -0.2) is 31.4 Å². The average Bonchev–Trinajstić information content (AvgIpc) is 3.31. The predicted molar refractivity (Wildman–Crippen MR) is 171 cm³/mol. The number of thiophene rings is 1. The molecule has 0 fully saturated rings. The molecule has 43 heavy (non-hydrogen) atoms. The van der Waals surface area contributed by atoms with E-state index in [1.54, 1.807) is 71.2 Å². The fourth-order valence-electron chi connectivity index (χ4n) is 3.52. The second kappa shape index (κ2) is 14.5. The molecule has 0 bridgehead atoms. The van der Waals surface area contributed by atoms with Crippen LogP contribution < -0.4 is 5.32 Å². The third kappa shape index (κ3) is 9.48. The van der Waals surface area contributed by atoms with Crippen LogP contribution in [0.25, 0.3) is 16.2 Å². The van der Waals surface area contributed by atoms with Crippen molar-refractivity contribution in [1.82, 2.24) is 5.32 Å². The highest BCUT2D eigenvalue weighted by Crippen LogP contribution is 2.62. The highest BCUT2D eigenvalue weighted by molar-refractivity contribution is 9.10. The van der Waals surface area contributed by atoms with Crippen LogP contribution in [0.15, 0.2) is 58.5 Å². The van der Waals surface area contributed by atoms with Crippen LogP contribution >= 0.6 is 46.5 Å². The predicted octanol–water partition coefficient (Wildman–Crippen LogP) is 8.47. The smallest absolute Gasteiger partial charge is 0.353 e. The SMILES string of the molecule is CC(C)(C)C(=O)OCOP(=O)(OCOC(=O)C(C)(C)C)C(C(=O)NC=Cc1ccccc1Br)c1csc2ccc(Cl)cc12. The Kier molecular flexibility index (Phi) is 11.8. The summed E-state index contributed by atoms with van der Waals surface area (Å²) >= 11 is 11.0. The molecule has 0 aliphatic rings. The Bertz CT molecular complexity index is 1520. The summed E-state index contributed by atoms with van der Waals surface area (Å²) in [5.41, 5.74) is -2.22. The number of fused-ring (bicyclic) bond motifs is 1. The van der Waals surface area contributed by atoms with Gasteiger partial charge in [0, 0.05) is 20.4 Å². The summed E-state index contributed by atoms with van der Waals surface area (Å²) in [6, 6.07) is 12.5. The van der Waals surface area contributed by atoms with Crippen molar-refractivity contribution in [2.24, 2.45) is 10.8 Å². The molecular formula is C30H34BrClNO8PS. The Hall–Kier alpha value is -2.53. The lowest BCUT2D eigenvalue weighted by atomic mass is 9.98. The van der Waals surface area contributed by atoms with Gasteiger partial charge in [-0.3, -0.25) is 28.0 Å². The highest BCUT2D eigenvalue weighted by Gasteiger charge is 2.45. The lowest BCUT2D eigenvalue weighted by Gasteiger charge is -2.27. The average molecular weight is 715 g/mol. The molecule has 9 nitrogen and oxygen atoms in total. The molecule has 2 aromatic carbocycles. The molecule has 1 N–H and O–H groups in total. The van der Waals surface area contributed by atoms with E-state index in [-0.39, 0.29) is 0 Å². The largest absolute Gasteiger partial charge is 0.438 e. The van der Waals surface area contributed by atoms with E-state index in [0.717, 1.165) is 14.7 Å². The summed E-state index contributed by atoms with van der Waals surface area (Å²) in [6.07, 6.45) is 3.06. The minimum Gasteiger partial charge on any atom is -0.438 e. The summed E-state index contributed by atoms with van der Waals surface area (Å²) in [4.78, 5) is 38.7. The van der Waals surface area contributed by atoms with Crippen molar-refractivity contribution < 1.29 is 37.5 Å². The number of carbonyl (C=O) groups is 3. The molecule has 0 saturated carbocycles. The number of amides is 1. The molecule has 1 atom stereocenters. The van der Waals surface area contributed by atoms with Crippen LogP contribution in [0.1, 0.15) is 58.3 Å². The fourth-order valence-corrected chi connectivity index (χ4v) is 6.86. The zero-order valence-corrected chi connectivity index (χ0v) is 28.7. The number of nitrogens with one attached hydrogen (secondary N) is 1. The maximum atomic E-state index is 14.6. The van der Waals surface area contributed by atoms with E-state index in [9.17, 15) is 18.9 Å². The molecule has 232 valence electrons. The van der Waals surface area contributed by atoms with Crippen molar-refractivity contribution >= 4 is 80.5 Å². The number of hydrogen-bond donors (Lipinski definition) is 1. The molecule has 1 amide bonds. The van der Waals surface area contributed by atoms with E-state index >= 15 is 0 Å². The van der Waals surface area contributed by atoms with Crippen LogP contribution in [0.3, 0.4) is 0 Å². The van der Waals surface area contributed by atoms with Gasteiger partial charge in [0.1, 0.15) is 0 Å². The topological polar surface area (TPSA) is 117 Å². The maximum Gasteiger partial charge on any atom is 0.353 e. The van der Waals surface area contributed by atoms with E-state index in [1.165, 1.54) is 17.5 Å². The Balaban J connectivity index is 2.03. The van der Waals surface area contributed by atoms with Crippen molar-refractivity contribution in [2.75, 3.05) is 13.6 Å². The molecular weight excluding hydrogens is 681 g/mol. The lowest BCUT2D eigenvalue weighted by Crippen LogP contribution is -2.29. The van der Waals surface area contributed by atoms with E-state index in [0.29, 0.717) is 16.0 Å². The fraction of sp³-hybridized carbons (Fsp3) is 0.367. The van der Waals surface area contributed by atoms with E-state index < -0.39 is 55.5 Å². The lowest BCUT2D eigenvalue weighted by molar-refractivity contribution is -0.162. The molecule has 0 aliphatic carbocycles. The first-order chi connectivity index (χ1) is 20.0. The van der Waals surface area contributed by atoms with Gasteiger partial charge in [0.05, 0.1) is 10.8 Å². The minimum absolute atomic E-state index is 0.307. The number of rotatable bonds is 11. The van der Waals surface area contributed by atoms with Crippen molar-refractivity contribution in [1.29, 1.82) is 0 Å². The maximum absolute atomic E-state index is 14.6. The molecule has 0 radical (unpaired) electrons. The molecule has 0 saturated heterocycles. The zero-order chi connectivity index (χ0) is 32.0. The molecule has 1 aromatic heterocycles. The second-order valence-electron chi connectivity index (χ2n) is 11.5. The molecule has 3 rings (SSSR count). The number of hydrogen-bond acceptors (Lipinski definition) is 9. The molecule has 0 spiro atoms. The summed E-state index contributed by atoms with van der Waals surface area (Å²) in [5.74, 6) is -1.98. The second-order valence-corrected chi connectivity index (χ2v) is 15.8. The third-order valence-corrected chi connectivity index (χ3v) is 9.90. The molecule has 1 unspecified atom stereocenters. The molecule has 13 heteroatoms. The molecule has 1 heterocycles. The van der Waals surface area contributed by atoms with Crippen molar-refractivity contribution in [3.63, 3.8) is 0 Å². The first-order valence-corrected chi connectivity index (χ1v) is 16.8. The summed E-state index contributed by atoms with van der Waals surface area (Å²) in [5, 5.41) is 5.27. The Morgan fingerprint density at radius 1 is 0.977 bits per heavy atom. The Morgan fingerprint density at radius 3 is 2.12 bits per heavy atom. The van der Waals surface area contributed by atoms with Crippen molar-refractivity contribution in [3.8, 4) is 0 Å². The number of esters is 2. The summed E-state index contributed by atoms with van der Waals surface area (Å²) in [7, 11) is -4.58. The van der Waals surface area contributed by atoms with Gasteiger partial charge in [-0.1, -0.05) is 45.7 Å².